The van der Waals surface area contributed by atoms with Crippen molar-refractivity contribution in [1.29, 1.82) is 0 Å². The van der Waals surface area contributed by atoms with Gasteiger partial charge in [-0.3, -0.25) is 0 Å². The lowest BCUT2D eigenvalue weighted by molar-refractivity contribution is 0.700. The first-order chi connectivity index (χ1) is 6.83. The topological polar surface area (TPSA) is 37.8 Å². The van der Waals surface area contributed by atoms with Crippen LogP contribution in [0.3, 0.4) is 0 Å². The van der Waals surface area contributed by atoms with E-state index in [1.807, 2.05) is 14.0 Å². The summed E-state index contributed by atoms with van der Waals surface area (Å²) in [5.41, 5.74) is 2.30. The Hall–Kier alpha value is -0.780. The molecule has 0 spiro atoms. The fourth-order valence-corrected chi connectivity index (χ4v) is 2.86. The first-order valence-corrected chi connectivity index (χ1v) is 6.02. The van der Waals surface area contributed by atoms with Crippen LogP contribution in [0.5, 0.6) is 0 Å². The average molecular weight is 225 g/mol. The molecule has 0 aromatic carbocycles. The molecule has 0 bridgehead atoms. The molecule has 0 saturated carbocycles. The van der Waals surface area contributed by atoms with Crippen LogP contribution in [-0.4, -0.2) is 16.6 Å². The third-order valence-electron chi connectivity index (χ3n) is 2.11. The number of rotatable bonds is 3. The number of nitrogens with one attached hydrogen (secondary N) is 1. The Balaban J connectivity index is 2.36. The molecule has 0 saturated heterocycles. The number of hydrogen-bond acceptors (Lipinski definition) is 5. The van der Waals surface area contributed by atoms with Gasteiger partial charge in [0.25, 0.3) is 0 Å². The van der Waals surface area contributed by atoms with Crippen molar-refractivity contribution in [3.63, 3.8) is 0 Å². The van der Waals surface area contributed by atoms with Crippen molar-refractivity contribution in [2.45, 2.75) is 13.0 Å². The normalized spacial score (nSPS) is 13.0. The van der Waals surface area contributed by atoms with E-state index in [0.29, 0.717) is 0 Å². The van der Waals surface area contributed by atoms with Crippen LogP contribution in [0.25, 0.3) is 0 Å². The van der Waals surface area contributed by atoms with E-state index in [-0.39, 0.29) is 6.04 Å². The Morgan fingerprint density at radius 1 is 1.50 bits per heavy atom. The van der Waals surface area contributed by atoms with Crippen LogP contribution in [0.4, 0.5) is 0 Å². The molecule has 14 heavy (non-hydrogen) atoms. The molecule has 2 heterocycles. The second kappa shape index (κ2) is 4.16. The molecule has 3 nitrogen and oxygen atoms in total. The number of aryl methyl sites for hydroxylation is 1. The maximum Gasteiger partial charge on any atom is 0.0776 e. The Morgan fingerprint density at radius 2 is 2.36 bits per heavy atom. The molecule has 0 amide bonds. The van der Waals surface area contributed by atoms with Crippen LogP contribution < -0.4 is 5.32 Å². The quantitative estimate of drug-likeness (QED) is 0.870. The van der Waals surface area contributed by atoms with Gasteiger partial charge in [0.05, 0.1) is 16.6 Å². The zero-order valence-corrected chi connectivity index (χ0v) is 9.65. The lowest BCUT2D eigenvalue weighted by Gasteiger charge is -2.12. The van der Waals surface area contributed by atoms with Crippen molar-refractivity contribution in [1.82, 2.24) is 14.9 Å². The molecule has 5 heteroatoms. The highest BCUT2D eigenvalue weighted by atomic mass is 32.1. The molecule has 1 N–H and O–H groups in total. The minimum absolute atomic E-state index is 0.237. The van der Waals surface area contributed by atoms with Crippen LogP contribution >= 0.6 is 22.9 Å². The second-order valence-electron chi connectivity index (χ2n) is 3.00. The van der Waals surface area contributed by atoms with E-state index < -0.39 is 0 Å². The standard InChI is InChI=1S/C9H11N3S2/c1-6-9(14-12-11-6)8(10-2)7-3-4-13-5-7/h3-5,8,10H,1-2H3. The van der Waals surface area contributed by atoms with Crippen molar-refractivity contribution in [3.8, 4) is 0 Å². The molecular weight excluding hydrogens is 214 g/mol. The summed E-state index contributed by atoms with van der Waals surface area (Å²) in [4.78, 5) is 1.20. The summed E-state index contributed by atoms with van der Waals surface area (Å²) < 4.78 is 3.96. The minimum Gasteiger partial charge on any atom is -0.309 e. The maximum absolute atomic E-state index is 4.03. The molecule has 1 unspecified atom stereocenters. The molecule has 0 fully saturated rings. The minimum atomic E-state index is 0.237. The first-order valence-electron chi connectivity index (χ1n) is 4.31. The molecule has 0 aliphatic heterocycles. The molecule has 0 radical (unpaired) electrons. The number of aromatic nitrogens is 2. The Morgan fingerprint density at radius 3 is 2.86 bits per heavy atom. The predicted molar refractivity (Wildman–Crippen MR) is 59.9 cm³/mol. The van der Waals surface area contributed by atoms with Gasteiger partial charge in [-0.15, -0.1) is 5.10 Å². The second-order valence-corrected chi connectivity index (χ2v) is 4.57. The zero-order chi connectivity index (χ0) is 9.97. The Kier molecular flexibility index (Phi) is 2.90. The monoisotopic (exact) mass is 225 g/mol. The van der Waals surface area contributed by atoms with Crippen LogP contribution in [-0.2, 0) is 0 Å². The van der Waals surface area contributed by atoms with Gasteiger partial charge in [-0.05, 0) is 47.9 Å². The summed E-state index contributed by atoms with van der Waals surface area (Å²) in [6.07, 6.45) is 0. The highest BCUT2D eigenvalue weighted by molar-refractivity contribution is 7.08. The smallest absolute Gasteiger partial charge is 0.0776 e. The molecule has 0 aliphatic rings. The van der Waals surface area contributed by atoms with Gasteiger partial charge in [0.2, 0.25) is 0 Å². The van der Waals surface area contributed by atoms with Gasteiger partial charge >= 0.3 is 0 Å². The molecule has 2 rings (SSSR count). The fourth-order valence-electron chi connectivity index (χ4n) is 1.39. The van der Waals surface area contributed by atoms with Gasteiger partial charge in [-0.1, -0.05) is 4.49 Å². The van der Waals surface area contributed by atoms with E-state index in [2.05, 4.69) is 31.7 Å². The van der Waals surface area contributed by atoms with Crippen LogP contribution in [0.2, 0.25) is 0 Å². The maximum atomic E-state index is 4.03. The first kappa shape index (κ1) is 9.76. The highest BCUT2D eigenvalue weighted by Crippen LogP contribution is 2.27. The largest absolute Gasteiger partial charge is 0.309 e. The van der Waals surface area contributed by atoms with Crippen molar-refractivity contribution < 1.29 is 0 Å². The summed E-state index contributed by atoms with van der Waals surface area (Å²) >= 11 is 3.17. The highest BCUT2D eigenvalue weighted by Gasteiger charge is 2.17. The van der Waals surface area contributed by atoms with Gasteiger partial charge in [-0.2, -0.15) is 11.3 Å². The lowest BCUT2D eigenvalue weighted by atomic mass is 10.1. The number of thiophene rings is 1. The lowest BCUT2D eigenvalue weighted by Crippen LogP contribution is -2.16. The van der Waals surface area contributed by atoms with Gasteiger partial charge in [0, 0.05) is 0 Å². The van der Waals surface area contributed by atoms with Crippen LogP contribution in [0.1, 0.15) is 22.2 Å². The zero-order valence-electron chi connectivity index (χ0n) is 8.02. The molecule has 2 aromatic heterocycles. The van der Waals surface area contributed by atoms with Gasteiger partial charge < -0.3 is 5.32 Å². The van der Waals surface area contributed by atoms with Crippen molar-refractivity contribution in [2.75, 3.05) is 7.05 Å². The SMILES string of the molecule is CNC(c1ccsc1)c1snnc1C. The van der Waals surface area contributed by atoms with E-state index in [1.54, 1.807) is 11.3 Å². The average Bonchev–Trinajstić information content (AvgIpc) is 2.80. The molecular formula is C9H11N3S2. The third kappa shape index (κ3) is 1.70. The summed E-state index contributed by atoms with van der Waals surface area (Å²) in [7, 11) is 1.96. The van der Waals surface area contributed by atoms with E-state index in [9.17, 15) is 0 Å². The van der Waals surface area contributed by atoms with Crippen molar-refractivity contribution in [3.05, 3.63) is 33.0 Å². The Labute approximate surface area is 91.0 Å². The van der Waals surface area contributed by atoms with E-state index in [0.717, 1.165) is 5.69 Å². The van der Waals surface area contributed by atoms with E-state index in [4.69, 9.17) is 0 Å². The summed E-state index contributed by atoms with van der Waals surface area (Å²) in [5, 5.41) is 11.6. The van der Waals surface area contributed by atoms with Gasteiger partial charge in [0.1, 0.15) is 0 Å². The number of nitrogens with zero attached hydrogens (tertiary/aromatic N) is 2. The molecule has 0 aliphatic carbocycles. The van der Waals surface area contributed by atoms with Gasteiger partial charge in [-0.25, -0.2) is 0 Å². The summed E-state index contributed by atoms with van der Waals surface area (Å²) in [5.74, 6) is 0. The molecule has 74 valence electrons. The molecule has 2 aromatic rings. The summed E-state index contributed by atoms with van der Waals surface area (Å²) in [6.45, 7) is 2.00. The van der Waals surface area contributed by atoms with Crippen LogP contribution in [0, 0.1) is 6.92 Å². The van der Waals surface area contributed by atoms with E-state index in [1.165, 1.54) is 22.0 Å². The Bertz CT molecular complexity index is 394. The molecule has 1 atom stereocenters. The fraction of sp³-hybridized carbons (Fsp3) is 0.333. The third-order valence-corrected chi connectivity index (χ3v) is 3.71. The van der Waals surface area contributed by atoms with Crippen LogP contribution in [0.15, 0.2) is 16.8 Å². The summed E-state index contributed by atoms with van der Waals surface area (Å²) in [6, 6.07) is 2.37. The van der Waals surface area contributed by atoms with Gasteiger partial charge in [0.15, 0.2) is 0 Å². The number of hydrogen-bond donors (Lipinski definition) is 1. The van der Waals surface area contributed by atoms with E-state index >= 15 is 0 Å². The van der Waals surface area contributed by atoms with Crippen molar-refractivity contribution >= 4 is 22.9 Å². The van der Waals surface area contributed by atoms with Crippen molar-refractivity contribution in [2.24, 2.45) is 0 Å². The predicted octanol–water partition coefficient (Wildman–Crippen LogP) is 2.22.